The minimum atomic E-state index is -0.737. The van der Waals surface area contributed by atoms with Crippen molar-refractivity contribution >= 4 is 34.9 Å². The van der Waals surface area contributed by atoms with E-state index >= 15 is 0 Å². The van der Waals surface area contributed by atoms with Gasteiger partial charge in [0.25, 0.3) is 5.91 Å². The predicted molar refractivity (Wildman–Crippen MR) is 102 cm³/mol. The number of nitrogens with zero attached hydrogens (tertiary/aromatic N) is 1. The Morgan fingerprint density at radius 1 is 1.19 bits per heavy atom. The molecule has 0 saturated carbocycles. The molecule has 0 spiro atoms. The second-order valence-corrected chi connectivity index (χ2v) is 8.06. The van der Waals surface area contributed by atoms with Gasteiger partial charge in [0, 0.05) is 25.1 Å². The van der Waals surface area contributed by atoms with Crippen LogP contribution in [0.2, 0.25) is 10.0 Å². The number of hydrogen-bond donors (Lipinski definition) is 0. The normalized spacial score (nSPS) is 22.7. The van der Waals surface area contributed by atoms with Crippen molar-refractivity contribution in [3.8, 4) is 5.75 Å². The fourth-order valence-electron chi connectivity index (χ4n) is 3.48. The molecule has 0 bridgehead atoms. The van der Waals surface area contributed by atoms with Gasteiger partial charge >= 0.3 is 0 Å². The molecule has 1 atom stereocenters. The smallest absolute Gasteiger partial charge is 0.254 e. The average molecular weight is 416 g/mol. The number of halogens is 2. The lowest BCUT2D eigenvalue weighted by molar-refractivity contribution is -0.161. The summed E-state index contributed by atoms with van der Waals surface area (Å²) in [6.07, 6.45) is 0.568. The van der Waals surface area contributed by atoms with Crippen LogP contribution in [0.1, 0.15) is 37.0 Å². The summed E-state index contributed by atoms with van der Waals surface area (Å²) in [4.78, 5) is 27.3. The summed E-state index contributed by atoms with van der Waals surface area (Å²) in [5.41, 5.74) is 0.422. The van der Waals surface area contributed by atoms with Gasteiger partial charge in [0.15, 0.2) is 17.7 Å². The highest BCUT2D eigenvalue weighted by Gasteiger charge is 2.40. The molecule has 1 amide bonds. The standard InChI is InChI=1S/C19H23Cl2NO5/c1-19(2)26-10-16(27-19)18(24)22-6-4-11(5-7-22)17(23)12-8-13(20)14(21)9-15(12)25-3/h8-9,11,16H,4-7,10H2,1-3H3/t16-/m1/s1. The Morgan fingerprint density at radius 2 is 1.81 bits per heavy atom. The Bertz CT molecular complexity index is 744. The third-order valence-corrected chi connectivity index (χ3v) is 5.69. The van der Waals surface area contributed by atoms with Crippen molar-refractivity contribution < 1.29 is 23.8 Å². The lowest BCUT2D eigenvalue weighted by atomic mass is 9.88. The van der Waals surface area contributed by atoms with E-state index in [1.54, 1.807) is 30.9 Å². The molecule has 0 N–H and O–H groups in total. The van der Waals surface area contributed by atoms with Crippen molar-refractivity contribution in [2.75, 3.05) is 26.8 Å². The van der Waals surface area contributed by atoms with E-state index in [0.717, 1.165) is 0 Å². The first-order chi connectivity index (χ1) is 12.7. The highest BCUT2D eigenvalue weighted by atomic mass is 35.5. The number of piperidine rings is 1. The fraction of sp³-hybridized carbons (Fsp3) is 0.579. The van der Waals surface area contributed by atoms with Gasteiger partial charge in [-0.05, 0) is 32.8 Å². The molecule has 0 aliphatic carbocycles. The molecular formula is C19H23Cl2NO5. The number of rotatable bonds is 4. The summed E-state index contributed by atoms with van der Waals surface area (Å²) in [6, 6.07) is 3.10. The average Bonchev–Trinajstić information content (AvgIpc) is 3.02. The zero-order valence-electron chi connectivity index (χ0n) is 15.6. The molecule has 0 radical (unpaired) electrons. The summed E-state index contributed by atoms with van der Waals surface area (Å²) in [6.45, 7) is 4.83. The molecule has 0 unspecified atom stereocenters. The maximum Gasteiger partial charge on any atom is 0.254 e. The van der Waals surface area contributed by atoms with Gasteiger partial charge < -0.3 is 19.1 Å². The first-order valence-electron chi connectivity index (χ1n) is 8.89. The molecule has 6 nitrogen and oxygen atoms in total. The molecular weight excluding hydrogens is 393 g/mol. The van der Waals surface area contributed by atoms with Crippen LogP contribution in [-0.4, -0.2) is 55.3 Å². The van der Waals surface area contributed by atoms with Gasteiger partial charge in [-0.25, -0.2) is 0 Å². The lowest BCUT2D eigenvalue weighted by Crippen LogP contribution is -2.46. The van der Waals surface area contributed by atoms with Crippen LogP contribution >= 0.6 is 23.2 Å². The van der Waals surface area contributed by atoms with E-state index < -0.39 is 11.9 Å². The van der Waals surface area contributed by atoms with Gasteiger partial charge in [0.05, 0.1) is 29.3 Å². The van der Waals surface area contributed by atoms with Crippen molar-refractivity contribution in [3.63, 3.8) is 0 Å². The van der Waals surface area contributed by atoms with E-state index in [4.69, 9.17) is 37.4 Å². The van der Waals surface area contributed by atoms with Crippen LogP contribution in [0.5, 0.6) is 5.75 Å². The number of Topliss-reactive ketones (excluding diaryl/α,β-unsaturated/α-hetero) is 1. The number of methoxy groups -OCH3 is 1. The topological polar surface area (TPSA) is 65.1 Å². The summed E-state index contributed by atoms with van der Waals surface area (Å²) >= 11 is 12.1. The van der Waals surface area contributed by atoms with Crippen LogP contribution in [0.15, 0.2) is 12.1 Å². The summed E-state index contributed by atoms with van der Waals surface area (Å²) in [5.74, 6) is -0.652. The van der Waals surface area contributed by atoms with E-state index in [2.05, 4.69) is 0 Å². The van der Waals surface area contributed by atoms with E-state index in [1.807, 2.05) is 0 Å². The maximum atomic E-state index is 12.9. The number of ether oxygens (including phenoxy) is 3. The number of carbonyl (C=O) groups is 2. The van der Waals surface area contributed by atoms with Crippen LogP contribution in [0.3, 0.4) is 0 Å². The molecule has 2 saturated heterocycles. The molecule has 1 aromatic rings. The number of benzene rings is 1. The first kappa shape index (κ1) is 20.4. The molecule has 2 fully saturated rings. The minimum absolute atomic E-state index is 0.0425. The number of hydrogen-bond acceptors (Lipinski definition) is 5. The third kappa shape index (κ3) is 4.40. The van der Waals surface area contributed by atoms with E-state index in [-0.39, 0.29) is 24.2 Å². The molecule has 8 heteroatoms. The highest BCUT2D eigenvalue weighted by Crippen LogP contribution is 2.34. The van der Waals surface area contributed by atoms with Gasteiger partial charge in [-0.15, -0.1) is 0 Å². The monoisotopic (exact) mass is 415 g/mol. The molecule has 3 rings (SSSR count). The van der Waals surface area contributed by atoms with Crippen LogP contribution in [0, 0.1) is 5.92 Å². The Balaban J connectivity index is 1.63. The molecule has 0 aromatic heterocycles. The second kappa shape index (κ2) is 7.95. The molecule has 2 heterocycles. The van der Waals surface area contributed by atoms with E-state index in [0.29, 0.717) is 47.3 Å². The Morgan fingerprint density at radius 3 is 2.37 bits per heavy atom. The summed E-state index contributed by atoms with van der Waals surface area (Å²) in [5, 5.41) is 0.654. The van der Waals surface area contributed by atoms with Crippen molar-refractivity contribution in [1.82, 2.24) is 4.90 Å². The first-order valence-corrected chi connectivity index (χ1v) is 9.65. The molecule has 1 aromatic carbocycles. The van der Waals surface area contributed by atoms with Crippen LogP contribution in [0.4, 0.5) is 0 Å². The minimum Gasteiger partial charge on any atom is -0.496 e. The number of carbonyl (C=O) groups excluding carboxylic acids is 2. The van der Waals surface area contributed by atoms with Gasteiger partial charge in [-0.3, -0.25) is 9.59 Å². The largest absolute Gasteiger partial charge is 0.496 e. The van der Waals surface area contributed by atoms with Gasteiger partial charge in [-0.1, -0.05) is 23.2 Å². The second-order valence-electron chi connectivity index (χ2n) is 7.25. The van der Waals surface area contributed by atoms with Crippen molar-refractivity contribution in [3.05, 3.63) is 27.7 Å². The summed E-state index contributed by atoms with van der Waals surface area (Å²) in [7, 11) is 1.49. The quantitative estimate of drug-likeness (QED) is 0.703. The Hall–Kier alpha value is -1.34. The van der Waals surface area contributed by atoms with Gasteiger partial charge in [0.2, 0.25) is 0 Å². The van der Waals surface area contributed by atoms with Crippen molar-refractivity contribution in [1.29, 1.82) is 0 Å². The van der Waals surface area contributed by atoms with Crippen molar-refractivity contribution in [2.45, 2.75) is 38.6 Å². The molecule has 148 valence electrons. The third-order valence-electron chi connectivity index (χ3n) is 4.97. The number of likely N-dealkylation sites (tertiary alicyclic amines) is 1. The van der Waals surface area contributed by atoms with Crippen LogP contribution < -0.4 is 4.74 Å². The van der Waals surface area contributed by atoms with Crippen molar-refractivity contribution in [2.24, 2.45) is 5.92 Å². The maximum absolute atomic E-state index is 12.9. The summed E-state index contributed by atoms with van der Waals surface area (Å²) < 4.78 is 16.4. The van der Waals surface area contributed by atoms with Gasteiger partial charge in [0.1, 0.15) is 5.75 Å². The highest BCUT2D eigenvalue weighted by molar-refractivity contribution is 6.42. The Kier molecular flexibility index (Phi) is 6.01. The lowest BCUT2D eigenvalue weighted by Gasteiger charge is -2.33. The number of ketones is 1. The molecule has 2 aliphatic heterocycles. The molecule has 2 aliphatic rings. The SMILES string of the molecule is COc1cc(Cl)c(Cl)cc1C(=O)C1CCN(C(=O)[C@H]2COC(C)(C)O2)CC1. The van der Waals surface area contributed by atoms with Gasteiger partial charge in [-0.2, -0.15) is 0 Å². The van der Waals surface area contributed by atoms with E-state index in [9.17, 15) is 9.59 Å². The molecule has 27 heavy (non-hydrogen) atoms. The number of amides is 1. The van der Waals surface area contributed by atoms with Crippen LogP contribution in [-0.2, 0) is 14.3 Å². The fourth-order valence-corrected chi connectivity index (χ4v) is 3.80. The predicted octanol–water partition coefficient (Wildman–Crippen LogP) is 3.57. The zero-order chi connectivity index (χ0) is 19.8. The van der Waals surface area contributed by atoms with Crippen LogP contribution in [0.25, 0.3) is 0 Å². The van der Waals surface area contributed by atoms with E-state index in [1.165, 1.54) is 7.11 Å². The zero-order valence-corrected chi connectivity index (χ0v) is 17.1. The Labute approximate surface area is 168 Å².